The Morgan fingerprint density at radius 3 is 2.42 bits per heavy atom. The molecule has 0 aliphatic rings. The Labute approximate surface area is 148 Å². The SMILES string of the molecule is CCC/C(C)=C/CCC(CC)CCOS(=O)(=O)c1ccc(C)cc1. The van der Waals surface area contributed by atoms with Crippen molar-refractivity contribution in [3.05, 3.63) is 41.5 Å². The first-order valence-corrected chi connectivity index (χ1v) is 10.4. The molecule has 0 bridgehead atoms. The lowest BCUT2D eigenvalue weighted by Crippen LogP contribution is -2.11. The van der Waals surface area contributed by atoms with E-state index in [0.717, 1.165) is 37.7 Å². The lowest BCUT2D eigenvalue weighted by molar-refractivity contribution is 0.273. The summed E-state index contributed by atoms with van der Waals surface area (Å²) in [5.41, 5.74) is 2.48. The molecule has 0 N–H and O–H groups in total. The number of hydrogen-bond acceptors (Lipinski definition) is 3. The monoisotopic (exact) mass is 352 g/mol. The molecule has 1 rings (SSSR count). The highest BCUT2D eigenvalue weighted by Crippen LogP contribution is 2.19. The van der Waals surface area contributed by atoms with Crippen LogP contribution >= 0.6 is 0 Å². The van der Waals surface area contributed by atoms with Crippen molar-refractivity contribution in [3.8, 4) is 0 Å². The second-order valence-electron chi connectivity index (χ2n) is 6.53. The molecule has 0 saturated carbocycles. The number of allylic oxidation sites excluding steroid dienone is 2. The van der Waals surface area contributed by atoms with Crippen molar-refractivity contribution in [3.63, 3.8) is 0 Å². The third kappa shape index (κ3) is 7.63. The maximum atomic E-state index is 12.2. The van der Waals surface area contributed by atoms with Crippen molar-refractivity contribution in [1.29, 1.82) is 0 Å². The molecular weight excluding hydrogens is 320 g/mol. The van der Waals surface area contributed by atoms with Crippen LogP contribution in [0.3, 0.4) is 0 Å². The molecule has 0 radical (unpaired) electrons. The third-order valence-corrected chi connectivity index (χ3v) is 5.69. The Balaban J connectivity index is 2.43. The van der Waals surface area contributed by atoms with Gasteiger partial charge in [-0.1, -0.05) is 56.0 Å². The van der Waals surface area contributed by atoms with Crippen LogP contribution < -0.4 is 0 Å². The first-order valence-electron chi connectivity index (χ1n) is 9.00. The van der Waals surface area contributed by atoms with Crippen molar-refractivity contribution in [1.82, 2.24) is 0 Å². The van der Waals surface area contributed by atoms with Gasteiger partial charge in [-0.15, -0.1) is 0 Å². The van der Waals surface area contributed by atoms with Crippen LogP contribution in [0.25, 0.3) is 0 Å². The van der Waals surface area contributed by atoms with Crippen molar-refractivity contribution < 1.29 is 12.6 Å². The van der Waals surface area contributed by atoms with E-state index in [-0.39, 0.29) is 11.5 Å². The maximum absolute atomic E-state index is 12.2. The molecular formula is C20H32O3S. The summed E-state index contributed by atoms with van der Waals surface area (Å²) in [6, 6.07) is 6.78. The van der Waals surface area contributed by atoms with Gasteiger partial charge in [0.15, 0.2) is 0 Å². The quantitative estimate of drug-likeness (QED) is 0.382. The van der Waals surface area contributed by atoms with Crippen LogP contribution in [-0.2, 0) is 14.3 Å². The van der Waals surface area contributed by atoms with Gasteiger partial charge in [-0.3, -0.25) is 4.18 Å². The normalized spacial score (nSPS) is 13.9. The molecule has 0 aliphatic carbocycles. The third-order valence-electron chi connectivity index (χ3n) is 4.36. The molecule has 136 valence electrons. The van der Waals surface area contributed by atoms with Crippen LogP contribution in [0.15, 0.2) is 40.8 Å². The summed E-state index contributed by atoms with van der Waals surface area (Å²) in [5, 5.41) is 0. The summed E-state index contributed by atoms with van der Waals surface area (Å²) in [6.07, 6.45) is 8.65. The Morgan fingerprint density at radius 2 is 1.83 bits per heavy atom. The van der Waals surface area contributed by atoms with Gasteiger partial charge in [0.2, 0.25) is 0 Å². The van der Waals surface area contributed by atoms with Crippen LogP contribution in [-0.4, -0.2) is 15.0 Å². The number of aryl methyl sites for hydroxylation is 1. The smallest absolute Gasteiger partial charge is 0.266 e. The first kappa shape index (κ1) is 20.9. The molecule has 1 unspecified atom stereocenters. The minimum Gasteiger partial charge on any atom is -0.266 e. The standard InChI is InChI=1S/C20H32O3S/c1-5-8-17(3)9-7-10-19(6-2)15-16-23-24(21,22)20-13-11-18(4)12-14-20/h9,11-14,19H,5-8,10,15-16H2,1-4H3/b17-9+. The molecule has 1 aromatic carbocycles. The van der Waals surface area contributed by atoms with Gasteiger partial charge in [-0.25, -0.2) is 0 Å². The van der Waals surface area contributed by atoms with Crippen molar-refractivity contribution in [2.45, 2.75) is 71.1 Å². The fourth-order valence-electron chi connectivity index (χ4n) is 2.71. The van der Waals surface area contributed by atoms with Crippen molar-refractivity contribution in [2.24, 2.45) is 5.92 Å². The van der Waals surface area contributed by atoms with Gasteiger partial charge < -0.3 is 0 Å². The zero-order chi connectivity index (χ0) is 18.0. The van der Waals surface area contributed by atoms with Gasteiger partial charge in [0, 0.05) is 0 Å². The minimum absolute atomic E-state index is 0.235. The molecule has 4 heteroatoms. The summed E-state index contributed by atoms with van der Waals surface area (Å²) >= 11 is 0. The minimum atomic E-state index is -3.63. The molecule has 24 heavy (non-hydrogen) atoms. The highest BCUT2D eigenvalue weighted by Gasteiger charge is 2.15. The molecule has 0 saturated heterocycles. The predicted octanol–water partition coefficient (Wildman–Crippen LogP) is 5.64. The van der Waals surface area contributed by atoms with E-state index in [0.29, 0.717) is 5.92 Å². The Hall–Kier alpha value is -1.13. The number of benzene rings is 1. The largest absolute Gasteiger partial charge is 0.296 e. The van der Waals surface area contributed by atoms with Crippen LogP contribution in [0.2, 0.25) is 0 Å². The lowest BCUT2D eigenvalue weighted by Gasteiger charge is -2.14. The second kappa shape index (κ2) is 10.7. The predicted molar refractivity (Wildman–Crippen MR) is 101 cm³/mol. The van der Waals surface area contributed by atoms with E-state index in [1.54, 1.807) is 24.3 Å². The maximum Gasteiger partial charge on any atom is 0.296 e. The summed E-state index contributed by atoms with van der Waals surface area (Å²) in [5.74, 6) is 0.504. The summed E-state index contributed by atoms with van der Waals surface area (Å²) in [7, 11) is -3.63. The van der Waals surface area contributed by atoms with Gasteiger partial charge in [-0.2, -0.15) is 8.42 Å². The van der Waals surface area contributed by atoms with E-state index >= 15 is 0 Å². The zero-order valence-electron chi connectivity index (χ0n) is 15.5. The van der Waals surface area contributed by atoms with Crippen LogP contribution in [0.1, 0.15) is 64.9 Å². The van der Waals surface area contributed by atoms with E-state index in [1.807, 2.05) is 6.92 Å². The molecule has 0 amide bonds. The molecule has 1 aromatic rings. The first-order chi connectivity index (χ1) is 11.4. The van der Waals surface area contributed by atoms with Gasteiger partial charge in [0.25, 0.3) is 10.1 Å². The molecule has 0 heterocycles. The molecule has 0 fully saturated rings. The second-order valence-corrected chi connectivity index (χ2v) is 8.15. The van der Waals surface area contributed by atoms with E-state index in [9.17, 15) is 8.42 Å². The van der Waals surface area contributed by atoms with Gasteiger partial charge in [0.1, 0.15) is 0 Å². The highest BCUT2D eigenvalue weighted by atomic mass is 32.2. The van der Waals surface area contributed by atoms with Crippen LogP contribution in [0.5, 0.6) is 0 Å². The lowest BCUT2D eigenvalue weighted by atomic mass is 9.96. The van der Waals surface area contributed by atoms with E-state index < -0.39 is 10.1 Å². The average Bonchev–Trinajstić information content (AvgIpc) is 2.54. The molecule has 3 nitrogen and oxygen atoms in total. The molecule has 0 spiro atoms. The fraction of sp³-hybridized carbons (Fsp3) is 0.600. The van der Waals surface area contributed by atoms with Crippen LogP contribution in [0, 0.1) is 12.8 Å². The van der Waals surface area contributed by atoms with Crippen LogP contribution in [0.4, 0.5) is 0 Å². The molecule has 1 atom stereocenters. The van der Waals surface area contributed by atoms with Gasteiger partial charge >= 0.3 is 0 Å². The summed E-state index contributed by atoms with van der Waals surface area (Å²) in [4.78, 5) is 0.235. The molecule has 0 aliphatic heterocycles. The number of rotatable bonds is 11. The fourth-order valence-corrected chi connectivity index (χ4v) is 3.63. The van der Waals surface area contributed by atoms with E-state index in [1.165, 1.54) is 12.0 Å². The van der Waals surface area contributed by atoms with Crippen molar-refractivity contribution in [2.75, 3.05) is 6.61 Å². The topological polar surface area (TPSA) is 43.4 Å². The van der Waals surface area contributed by atoms with Gasteiger partial charge in [0.05, 0.1) is 11.5 Å². The van der Waals surface area contributed by atoms with E-state index in [2.05, 4.69) is 26.8 Å². The van der Waals surface area contributed by atoms with E-state index in [4.69, 9.17) is 4.18 Å². The average molecular weight is 353 g/mol. The summed E-state index contributed by atoms with van der Waals surface area (Å²) < 4.78 is 29.5. The highest BCUT2D eigenvalue weighted by molar-refractivity contribution is 7.86. The number of hydrogen-bond donors (Lipinski definition) is 0. The Morgan fingerprint density at radius 1 is 1.17 bits per heavy atom. The van der Waals surface area contributed by atoms with Crippen molar-refractivity contribution >= 4 is 10.1 Å². The summed E-state index contributed by atoms with van der Waals surface area (Å²) in [6.45, 7) is 8.72. The van der Waals surface area contributed by atoms with Gasteiger partial charge in [-0.05, 0) is 57.6 Å². The molecule has 0 aromatic heterocycles. The Bertz CT molecular complexity index is 600. The Kier molecular flexibility index (Phi) is 9.30. The zero-order valence-corrected chi connectivity index (χ0v) is 16.4.